The van der Waals surface area contributed by atoms with E-state index in [9.17, 15) is 0 Å². The van der Waals surface area contributed by atoms with E-state index in [2.05, 4.69) is 231 Å². The highest BCUT2D eigenvalue weighted by Crippen LogP contribution is 2.54. The quantitative estimate of drug-likeness (QED) is 0.160. The van der Waals surface area contributed by atoms with E-state index in [0.29, 0.717) is 0 Å². The van der Waals surface area contributed by atoms with E-state index in [-0.39, 0.29) is 10.8 Å². The summed E-state index contributed by atoms with van der Waals surface area (Å²) in [5, 5.41) is 2.50. The van der Waals surface area contributed by atoms with Gasteiger partial charge in [-0.15, -0.1) is 0 Å². The van der Waals surface area contributed by atoms with Crippen LogP contribution in [0.3, 0.4) is 0 Å². The highest BCUT2D eigenvalue weighted by Gasteiger charge is 2.37. The highest BCUT2D eigenvalue weighted by molar-refractivity contribution is 6.17. The van der Waals surface area contributed by atoms with Crippen LogP contribution in [-0.4, -0.2) is 4.57 Å². The summed E-state index contributed by atoms with van der Waals surface area (Å²) in [7, 11) is 0. The molecule has 3 nitrogen and oxygen atoms in total. The lowest BCUT2D eigenvalue weighted by Crippen LogP contribution is -2.17. The van der Waals surface area contributed by atoms with Crippen molar-refractivity contribution >= 4 is 55.9 Å². The van der Waals surface area contributed by atoms with Gasteiger partial charge in [-0.05, 0) is 118 Å². The van der Waals surface area contributed by atoms with Gasteiger partial charge < -0.3 is 14.4 Å². The Bertz CT molecular complexity index is 3100. The van der Waals surface area contributed by atoms with E-state index in [1.54, 1.807) is 0 Å². The van der Waals surface area contributed by atoms with Gasteiger partial charge in [0.05, 0.1) is 16.9 Å². The molecular weight excluding hydrogens is 715 g/mol. The first-order valence-electron chi connectivity index (χ1n) is 21.0. The molecule has 0 aliphatic heterocycles. The number of hydrogen-bond donors (Lipinski definition) is 0. The van der Waals surface area contributed by atoms with Gasteiger partial charge in [0.2, 0.25) is 0 Å². The zero-order chi connectivity index (χ0) is 40.0. The SMILES string of the molecule is CCn1c2ccccc2c2c(N(c3ccccc3)c3ccc4c(c3)-c3ccccc3C4(C)C)cc(N(c3ccccc3)c3ccc4c(c3)C(C)(C)c3ccccc3-4)cc21. The number of fused-ring (bicyclic) bond motifs is 9. The van der Waals surface area contributed by atoms with Crippen LogP contribution in [0.15, 0.2) is 182 Å². The molecule has 9 aromatic rings. The smallest absolute Gasteiger partial charge is 0.0582 e. The van der Waals surface area contributed by atoms with Gasteiger partial charge in [0.15, 0.2) is 0 Å². The Labute approximate surface area is 347 Å². The van der Waals surface area contributed by atoms with Gasteiger partial charge in [-0.25, -0.2) is 0 Å². The van der Waals surface area contributed by atoms with Gasteiger partial charge in [0, 0.05) is 56.4 Å². The number of aromatic nitrogens is 1. The van der Waals surface area contributed by atoms with Crippen molar-refractivity contribution in [3.05, 3.63) is 204 Å². The van der Waals surface area contributed by atoms with Crippen molar-refractivity contribution in [3.63, 3.8) is 0 Å². The molecule has 11 rings (SSSR count). The van der Waals surface area contributed by atoms with Crippen molar-refractivity contribution in [1.29, 1.82) is 0 Å². The predicted octanol–water partition coefficient (Wildman–Crippen LogP) is 15.4. The number of para-hydroxylation sites is 3. The van der Waals surface area contributed by atoms with Gasteiger partial charge >= 0.3 is 0 Å². The number of hydrogen-bond acceptors (Lipinski definition) is 2. The van der Waals surface area contributed by atoms with E-state index in [4.69, 9.17) is 0 Å². The molecule has 2 aliphatic carbocycles. The van der Waals surface area contributed by atoms with Crippen LogP contribution in [-0.2, 0) is 17.4 Å². The Kier molecular flexibility index (Phi) is 7.84. The van der Waals surface area contributed by atoms with Crippen LogP contribution >= 0.6 is 0 Å². The molecule has 0 N–H and O–H groups in total. The molecule has 2 aliphatic rings. The molecule has 1 heterocycles. The van der Waals surface area contributed by atoms with Gasteiger partial charge in [-0.1, -0.05) is 143 Å². The summed E-state index contributed by atoms with van der Waals surface area (Å²) in [4.78, 5) is 4.96. The molecule has 0 saturated heterocycles. The van der Waals surface area contributed by atoms with Crippen LogP contribution in [0.25, 0.3) is 44.1 Å². The van der Waals surface area contributed by atoms with Crippen LogP contribution in [0, 0.1) is 0 Å². The number of benzene rings is 8. The highest BCUT2D eigenvalue weighted by atomic mass is 15.2. The zero-order valence-corrected chi connectivity index (χ0v) is 34.4. The molecule has 59 heavy (non-hydrogen) atoms. The molecule has 0 radical (unpaired) electrons. The van der Waals surface area contributed by atoms with E-state index in [1.165, 1.54) is 66.3 Å². The number of nitrogens with zero attached hydrogens (tertiary/aromatic N) is 3. The van der Waals surface area contributed by atoms with Crippen molar-refractivity contribution in [3.8, 4) is 22.3 Å². The topological polar surface area (TPSA) is 11.4 Å². The van der Waals surface area contributed by atoms with E-state index < -0.39 is 0 Å². The molecule has 8 aromatic carbocycles. The fourth-order valence-corrected chi connectivity index (χ4v) is 10.5. The van der Waals surface area contributed by atoms with Crippen LogP contribution in [0.2, 0.25) is 0 Å². The second kappa shape index (κ2) is 13.1. The van der Waals surface area contributed by atoms with Crippen molar-refractivity contribution in [2.75, 3.05) is 9.80 Å². The van der Waals surface area contributed by atoms with Crippen LogP contribution in [0.4, 0.5) is 34.1 Å². The second-order valence-electron chi connectivity index (χ2n) is 17.3. The van der Waals surface area contributed by atoms with Crippen molar-refractivity contribution in [2.24, 2.45) is 0 Å². The van der Waals surface area contributed by atoms with Crippen LogP contribution in [0.1, 0.15) is 56.9 Å². The lowest BCUT2D eigenvalue weighted by atomic mass is 9.82. The summed E-state index contributed by atoms with van der Waals surface area (Å²) in [6.45, 7) is 12.6. The third kappa shape index (κ3) is 5.20. The Balaban J connectivity index is 1.21. The largest absolute Gasteiger partial charge is 0.341 e. The summed E-state index contributed by atoms with van der Waals surface area (Å²) in [6, 6.07) is 67.7. The summed E-state index contributed by atoms with van der Waals surface area (Å²) >= 11 is 0. The fraction of sp³-hybridized carbons (Fsp3) is 0.143. The average Bonchev–Trinajstić information content (AvgIpc) is 3.81. The summed E-state index contributed by atoms with van der Waals surface area (Å²) in [5.74, 6) is 0. The molecule has 3 heteroatoms. The maximum atomic E-state index is 2.50. The summed E-state index contributed by atoms with van der Waals surface area (Å²) < 4.78 is 2.49. The Morgan fingerprint density at radius 1 is 0.390 bits per heavy atom. The van der Waals surface area contributed by atoms with E-state index in [1.807, 2.05) is 0 Å². The minimum absolute atomic E-state index is 0.0776. The Morgan fingerprint density at radius 3 is 1.61 bits per heavy atom. The minimum Gasteiger partial charge on any atom is -0.341 e. The molecule has 0 atom stereocenters. The van der Waals surface area contributed by atoms with Crippen molar-refractivity contribution in [2.45, 2.75) is 52.0 Å². The minimum atomic E-state index is -0.126. The second-order valence-corrected chi connectivity index (χ2v) is 17.3. The number of aryl methyl sites for hydroxylation is 1. The first-order valence-corrected chi connectivity index (χ1v) is 21.0. The monoisotopic (exact) mass is 761 g/mol. The van der Waals surface area contributed by atoms with Gasteiger partial charge in [0.1, 0.15) is 0 Å². The molecule has 0 bridgehead atoms. The maximum Gasteiger partial charge on any atom is 0.0582 e. The first-order chi connectivity index (χ1) is 28.8. The fourth-order valence-electron chi connectivity index (χ4n) is 10.5. The predicted molar refractivity (Wildman–Crippen MR) is 250 cm³/mol. The standard InChI is InChI=1S/C56H47N3/c1-6-57-51-28-18-15-25-45(51)54-52(57)35-41(58(37-19-9-7-10-20-37)40-29-31-44-42-23-13-16-26-47(42)56(4,5)50(44)34-40)36-53(54)59(38-21-11-8-12-22-38)39-30-32-49-46(33-39)43-24-14-17-27-48(43)55(49,2)3/h7-36H,6H2,1-5H3. The molecular formula is C56H47N3. The van der Waals surface area contributed by atoms with Crippen molar-refractivity contribution < 1.29 is 0 Å². The van der Waals surface area contributed by atoms with Crippen molar-refractivity contribution in [1.82, 2.24) is 4.57 Å². The molecule has 0 unspecified atom stereocenters. The lowest BCUT2D eigenvalue weighted by Gasteiger charge is -2.31. The summed E-state index contributed by atoms with van der Waals surface area (Å²) in [5.41, 5.74) is 19.8. The van der Waals surface area contributed by atoms with Gasteiger partial charge in [-0.3, -0.25) is 0 Å². The van der Waals surface area contributed by atoms with Crippen LogP contribution in [0.5, 0.6) is 0 Å². The Hall–Kier alpha value is -6.84. The first kappa shape index (κ1) is 35.3. The third-order valence-electron chi connectivity index (χ3n) is 13.3. The molecule has 0 fully saturated rings. The molecule has 286 valence electrons. The molecule has 0 spiro atoms. The molecule has 1 aromatic heterocycles. The van der Waals surface area contributed by atoms with Crippen LogP contribution < -0.4 is 9.80 Å². The third-order valence-corrected chi connectivity index (χ3v) is 13.3. The van der Waals surface area contributed by atoms with Gasteiger partial charge in [-0.2, -0.15) is 0 Å². The summed E-state index contributed by atoms with van der Waals surface area (Å²) in [6.07, 6.45) is 0. The van der Waals surface area contributed by atoms with Gasteiger partial charge in [0.25, 0.3) is 0 Å². The van der Waals surface area contributed by atoms with E-state index in [0.717, 1.165) is 40.7 Å². The maximum absolute atomic E-state index is 2.50. The molecule has 0 saturated carbocycles. The normalized spacial score (nSPS) is 14.2. The molecule has 0 amide bonds. The zero-order valence-electron chi connectivity index (χ0n) is 34.4. The Morgan fingerprint density at radius 2 is 0.915 bits per heavy atom. The number of rotatable bonds is 7. The van der Waals surface area contributed by atoms with E-state index >= 15 is 0 Å². The number of anilines is 6. The lowest BCUT2D eigenvalue weighted by molar-refractivity contribution is 0.660. The average molecular weight is 762 g/mol.